The third-order valence-corrected chi connectivity index (χ3v) is 5.07. The summed E-state index contributed by atoms with van der Waals surface area (Å²) in [5.41, 5.74) is 1.45. The largest absolute Gasteiger partial charge is 0.496 e. The molecule has 3 rings (SSSR count). The maximum absolute atomic E-state index is 12.7. The summed E-state index contributed by atoms with van der Waals surface area (Å²) in [7, 11) is 3.25. The molecule has 0 saturated carbocycles. The maximum Gasteiger partial charge on any atom is 0.255 e. The Bertz CT molecular complexity index is 753. The Hall–Kier alpha value is -2.53. The minimum absolute atomic E-state index is 0.136. The Kier molecular flexibility index (Phi) is 5.78. The number of amides is 1. The van der Waals surface area contributed by atoms with Crippen molar-refractivity contribution in [3.05, 3.63) is 59.7 Å². The van der Waals surface area contributed by atoms with Crippen LogP contribution in [0.1, 0.15) is 28.8 Å². The molecule has 1 saturated heterocycles. The molecule has 138 valence electrons. The first-order chi connectivity index (χ1) is 12.7. The summed E-state index contributed by atoms with van der Waals surface area (Å²) in [5.74, 6) is 1.28. The molecule has 1 N–H and O–H groups in total. The van der Waals surface area contributed by atoms with Crippen LogP contribution in [0.15, 0.2) is 48.5 Å². The Labute approximate surface area is 154 Å². The quantitative estimate of drug-likeness (QED) is 0.865. The zero-order valence-electron chi connectivity index (χ0n) is 15.3. The van der Waals surface area contributed by atoms with E-state index >= 15 is 0 Å². The van der Waals surface area contributed by atoms with E-state index in [1.807, 2.05) is 30.3 Å². The second-order valence-corrected chi connectivity index (χ2v) is 6.48. The molecule has 26 heavy (non-hydrogen) atoms. The standard InChI is InChI=1S/C21H25NO4/c1-24-18-9-5-3-7-16(18)20(23)22-15-21(11-13-26-14-12-21)17-8-4-6-10-19(17)25-2/h3-10H,11-15H2,1-2H3,(H,22,23). The van der Waals surface area contributed by atoms with Crippen molar-refractivity contribution in [2.24, 2.45) is 0 Å². The highest BCUT2D eigenvalue weighted by molar-refractivity contribution is 5.97. The van der Waals surface area contributed by atoms with Gasteiger partial charge in [-0.3, -0.25) is 4.79 Å². The zero-order valence-corrected chi connectivity index (χ0v) is 15.3. The van der Waals surface area contributed by atoms with Crippen LogP contribution in [0.3, 0.4) is 0 Å². The van der Waals surface area contributed by atoms with E-state index in [-0.39, 0.29) is 11.3 Å². The van der Waals surface area contributed by atoms with Gasteiger partial charge in [0.05, 0.1) is 19.8 Å². The van der Waals surface area contributed by atoms with Gasteiger partial charge in [-0.25, -0.2) is 0 Å². The van der Waals surface area contributed by atoms with Crippen LogP contribution in [0, 0.1) is 0 Å². The third kappa shape index (κ3) is 3.68. The van der Waals surface area contributed by atoms with E-state index in [2.05, 4.69) is 11.4 Å². The summed E-state index contributed by atoms with van der Waals surface area (Å²) >= 11 is 0. The third-order valence-electron chi connectivity index (χ3n) is 5.07. The van der Waals surface area contributed by atoms with Gasteiger partial charge in [0.1, 0.15) is 11.5 Å². The normalized spacial score (nSPS) is 15.9. The van der Waals surface area contributed by atoms with Crippen LogP contribution in [0.25, 0.3) is 0 Å². The number of benzene rings is 2. The topological polar surface area (TPSA) is 56.8 Å². The molecule has 5 heteroatoms. The molecule has 1 heterocycles. The molecule has 0 spiro atoms. The van der Waals surface area contributed by atoms with E-state index in [4.69, 9.17) is 14.2 Å². The van der Waals surface area contributed by atoms with E-state index in [1.165, 1.54) is 0 Å². The molecule has 0 unspecified atom stereocenters. The van der Waals surface area contributed by atoms with Crippen molar-refractivity contribution in [1.82, 2.24) is 5.32 Å². The van der Waals surface area contributed by atoms with Crippen LogP contribution >= 0.6 is 0 Å². The molecule has 1 aliphatic rings. The fourth-order valence-electron chi connectivity index (χ4n) is 3.56. The number of hydrogen-bond donors (Lipinski definition) is 1. The molecular formula is C21H25NO4. The average molecular weight is 355 g/mol. The number of methoxy groups -OCH3 is 2. The van der Waals surface area contributed by atoms with Crippen molar-refractivity contribution in [2.75, 3.05) is 34.0 Å². The molecule has 1 amide bonds. The summed E-state index contributed by atoms with van der Waals surface area (Å²) in [5, 5.41) is 3.10. The van der Waals surface area contributed by atoms with Gasteiger partial charge in [0.25, 0.3) is 5.91 Å². The molecule has 2 aromatic carbocycles. The van der Waals surface area contributed by atoms with Crippen molar-refractivity contribution in [3.63, 3.8) is 0 Å². The minimum Gasteiger partial charge on any atom is -0.496 e. The minimum atomic E-state index is -0.206. The number of carbonyl (C=O) groups is 1. The van der Waals surface area contributed by atoms with E-state index in [1.54, 1.807) is 26.4 Å². The van der Waals surface area contributed by atoms with Gasteiger partial charge >= 0.3 is 0 Å². The Morgan fingerprint density at radius 3 is 2.31 bits per heavy atom. The van der Waals surface area contributed by atoms with E-state index in [0.29, 0.717) is 31.1 Å². The molecule has 1 fully saturated rings. The summed E-state index contributed by atoms with van der Waals surface area (Å²) in [4.78, 5) is 12.7. The van der Waals surface area contributed by atoms with Crippen molar-refractivity contribution >= 4 is 5.91 Å². The lowest BCUT2D eigenvalue weighted by Crippen LogP contribution is -2.44. The fourth-order valence-corrected chi connectivity index (χ4v) is 3.56. The van der Waals surface area contributed by atoms with Crippen molar-refractivity contribution < 1.29 is 19.0 Å². The summed E-state index contributed by atoms with van der Waals surface area (Å²) < 4.78 is 16.5. The number of para-hydroxylation sites is 2. The Morgan fingerprint density at radius 1 is 1.00 bits per heavy atom. The number of carbonyl (C=O) groups excluding carboxylic acids is 1. The lowest BCUT2D eigenvalue weighted by atomic mass is 9.73. The predicted octanol–water partition coefficient (Wildman–Crippen LogP) is 3.18. The Morgan fingerprint density at radius 2 is 1.62 bits per heavy atom. The molecule has 0 aliphatic carbocycles. The highest BCUT2D eigenvalue weighted by Crippen LogP contribution is 2.39. The van der Waals surface area contributed by atoms with Gasteiger partial charge in [0.2, 0.25) is 0 Å². The Balaban J connectivity index is 1.84. The molecule has 0 radical (unpaired) electrons. The summed E-state index contributed by atoms with van der Waals surface area (Å²) in [6.07, 6.45) is 1.67. The molecule has 0 bridgehead atoms. The predicted molar refractivity (Wildman–Crippen MR) is 100 cm³/mol. The molecule has 0 aromatic heterocycles. The van der Waals surface area contributed by atoms with Crippen LogP contribution < -0.4 is 14.8 Å². The van der Waals surface area contributed by atoms with Gasteiger partial charge in [-0.05, 0) is 31.0 Å². The van der Waals surface area contributed by atoms with E-state index < -0.39 is 0 Å². The summed E-state index contributed by atoms with van der Waals surface area (Å²) in [6.45, 7) is 1.86. The van der Waals surface area contributed by atoms with Gasteiger partial charge < -0.3 is 19.5 Å². The second-order valence-electron chi connectivity index (χ2n) is 6.48. The van der Waals surface area contributed by atoms with Gasteiger partial charge in [-0.1, -0.05) is 30.3 Å². The van der Waals surface area contributed by atoms with Crippen LogP contribution in [0.5, 0.6) is 11.5 Å². The van der Waals surface area contributed by atoms with Crippen molar-refractivity contribution in [2.45, 2.75) is 18.3 Å². The SMILES string of the molecule is COc1ccccc1C(=O)NCC1(c2ccccc2OC)CCOCC1. The second kappa shape index (κ2) is 8.23. The van der Waals surface area contributed by atoms with Crippen LogP contribution in [-0.4, -0.2) is 39.9 Å². The van der Waals surface area contributed by atoms with Gasteiger partial charge in [0.15, 0.2) is 0 Å². The van der Waals surface area contributed by atoms with Crippen LogP contribution in [-0.2, 0) is 10.2 Å². The fraction of sp³-hybridized carbons (Fsp3) is 0.381. The first kappa shape index (κ1) is 18.3. The van der Waals surface area contributed by atoms with Gasteiger partial charge in [0, 0.05) is 30.7 Å². The number of rotatable bonds is 6. The van der Waals surface area contributed by atoms with Gasteiger partial charge in [-0.2, -0.15) is 0 Å². The zero-order chi connectivity index (χ0) is 18.4. The maximum atomic E-state index is 12.7. The number of nitrogens with one attached hydrogen (secondary N) is 1. The molecule has 2 aromatic rings. The van der Waals surface area contributed by atoms with Gasteiger partial charge in [-0.15, -0.1) is 0 Å². The van der Waals surface area contributed by atoms with Crippen LogP contribution in [0.4, 0.5) is 0 Å². The molecular weight excluding hydrogens is 330 g/mol. The number of ether oxygens (including phenoxy) is 3. The molecule has 0 atom stereocenters. The summed E-state index contributed by atoms with van der Waals surface area (Å²) in [6, 6.07) is 15.3. The van der Waals surface area contributed by atoms with E-state index in [0.717, 1.165) is 24.2 Å². The monoisotopic (exact) mass is 355 g/mol. The number of hydrogen-bond acceptors (Lipinski definition) is 4. The highest BCUT2D eigenvalue weighted by atomic mass is 16.5. The van der Waals surface area contributed by atoms with Crippen molar-refractivity contribution in [3.8, 4) is 11.5 Å². The lowest BCUT2D eigenvalue weighted by molar-refractivity contribution is 0.0479. The lowest BCUT2D eigenvalue weighted by Gasteiger charge is -2.38. The first-order valence-corrected chi connectivity index (χ1v) is 8.83. The smallest absolute Gasteiger partial charge is 0.255 e. The van der Waals surface area contributed by atoms with Crippen molar-refractivity contribution in [1.29, 1.82) is 0 Å². The average Bonchev–Trinajstić information content (AvgIpc) is 2.72. The highest BCUT2D eigenvalue weighted by Gasteiger charge is 2.37. The molecule has 5 nitrogen and oxygen atoms in total. The van der Waals surface area contributed by atoms with Crippen LogP contribution in [0.2, 0.25) is 0 Å². The molecule has 1 aliphatic heterocycles. The first-order valence-electron chi connectivity index (χ1n) is 8.83. The van der Waals surface area contributed by atoms with E-state index in [9.17, 15) is 4.79 Å².